The molecule has 2 N–H and O–H groups in total. The van der Waals surface area contributed by atoms with Crippen molar-refractivity contribution in [1.29, 1.82) is 0 Å². The van der Waals surface area contributed by atoms with E-state index in [0.717, 1.165) is 0 Å². The van der Waals surface area contributed by atoms with Crippen LogP contribution in [0.2, 0.25) is 0 Å². The number of nitrogens with zero attached hydrogens (tertiary/aromatic N) is 3. The van der Waals surface area contributed by atoms with Gasteiger partial charge < -0.3 is 5.32 Å². The molecular formula is C27H27FIN5O5S. The first-order chi connectivity index (χ1) is 19.0. The van der Waals surface area contributed by atoms with Gasteiger partial charge in [0.25, 0.3) is 11.1 Å². The molecule has 2 aromatic carbocycles. The summed E-state index contributed by atoms with van der Waals surface area (Å²) in [5.74, 6) is -0.667. The van der Waals surface area contributed by atoms with Crippen molar-refractivity contribution >= 4 is 60.7 Å². The van der Waals surface area contributed by atoms with Crippen LogP contribution < -0.4 is 26.8 Å². The largest absolute Gasteiger partial charge is 0.338 e. The number of pyridine rings is 1. The number of aryl methyl sites for hydroxylation is 1. The molecule has 0 amide bonds. The van der Waals surface area contributed by atoms with Crippen LogP contribution in [0.5, 0.6) is 0 Å². The van der Waals surface area contributed by atoms with Gasteiger partial charge in [-0.15, -0.1) is 0 Å². The van der Waals surface area contributed by atoms with Crippen molar-refractivity contribution in [2.45, 2.75) is 39.2 Å². The van der Waals surface area contributed by atoms with Crippen molar-refractivity contribution < 1.29 is 12.8 Å². The van der Waals surface area contributed by atoms with E-state index in [1.165, 1.54) is 45.9 Å². The van der Waals surface area contributed by atoms with E-state index in [-0.39, 0.29) is 57.6 Å². The van der Waals surface area contributed by atoms with E-state index in [1.807, 2.05) is 22.6 Å². The van der Waals surface area contributed by atoms with Crippen molar-refractivity contribution in [3.05, 3.63) is 88.6 Å². The van der Waals surface area contributed by atoms with Gasteiger partial charge in [-0.1, -0.05) is 13.0 Å². The molecule has 0 bridgehead atoms. The zero-order valence-electron chi connectivity index (χ0n) is 22.0. The fraction of sp³-hybridized carbons (Fsp3) is 0.296. The summed E-state index contributed by atoms with van der Waals surface area (Å²) < 4.78 is 46.2. The third-order valence-electron chi connectivity index (χ3n) is 6.92. The van der Waals surface area contributed by atoms with E-state index in [4.69, 9.17) is 0 Å². The number of sulfonamides is 1. The molecule has 5 rings (SSSR count). The van der Waals surface area contributed by atoms with Gasteiger partial charge >= 0.3 is 5.69 Å². The quantitative estimate of drug-likeness (QED) is 0.272. The van der Waals surface area contributed by atoms with Crippen molar-refractivity contribution in [3.63, 3.8) is 0 Å². The second kappa shape index (κ2) is 10.5. The Morgan fingerprint density at radius 1 is 1.05 bits per heavy atom. The van der Waals surface area contributed by atoms with E-state index in [2.05, 4.69) is 10.0 Å². The summed E-state index contributed by atoms with van der Waals surface area (Å²) in [4.78, 5) is 41.6. The molecule has 40 heavy (non-hydrogen) atoms. The molecule has 1 fully saturated rings. The zero-order valence-corrected chi connectivity index (χ0v) is 25.0. The third kappa shape index (κ3) is 4.96. The molecule has 0 atom stereocenters. The second-order valence-electron chi connectivity index (χ2n) is 9.60. The van der Waals surface area contributed by atoms with Gasteiger partial charge in [-0.3, -0.25) is 28.0 Å². The van der Waals surface area contributed by atoms with E-state index < -0.39 is 32.6 Å². The summed E-state index contributed by atoms with van der Waals surface area (Å²) in [6.45, 7) is 3.25. The van der Waals surface area contributed by atoms with E-state index in [9.17, 15) is 27.2 Å². The smallest absolute Gasteiger partial charge is 0.336 e. The Morgan fingerprint density at radius 3 is 2.40 bits per heavy atom. The number of aromatic nitrogens is 3. The van der Waals surface area contributed by atoms with Crippen molar-refractivity contribution in [2.75, 3.05) is 15.8 Å². The topological polar surface area (TPSA) is 124 Å². The highest BCUT2D eigenvalue weighted by molar-refractivity contribution is 14.1. The maximum absolute atomic E-state index is 14.9. The Kier molecular flexibility index (Phi) is 7.37. The number of nitrogens with one attached hydrogen (secondary N) is 2. The summed E-state index contributed by atoms with van der Waals surface area (Å²) in [5, 5.41) is 3.00. The van der Waals surface area contributed by atoms with Gasteiger partial charge in [-0.05, 0) is 85.2 Å². The molecule has 210 valence electrons. The summed E-state index contributed by atoms with van der Waals surface area (Å²) in [6.07, 6.45) is 1.48. The van der Waals surface area contributed by atoms with Crippen LogP contribution in [-0.2, 0) is 23.5 Å². The van der Waals surface area contributed by atoms with Crippen LogP contribution in [0.4, 0.5) is 21.6 Å². The van der Waals surface area contributed by atoms with E-state index in [1.54, 1.807) is 31.2 Å². The van der Waals surface area contributed by atoms with Crippen LogP contribution >= 0.6 is 22.6 Å². The normalized spacial score (nSPS) is 13.5. The first kappa shape index (κ1) is 28.1. The van der Waals surface area contributed by atoms with Gasteiger partial charge in [-0.2, -0.15) is 0 Å². The average molecular weight is 680 g/mol. The maximum atomic E-state index is 14.9. The number of benzene rings is 2. The fourth-order valence-electron chi connectivity index (χ4n) is 4.73. The molecule has 0 saturated heterocycles. The predicted molar refractivity (Wildman–Crippen MR) is 162 cm³/mol. The lowest BCUT2D eigenvalue weighted by atomic mass is 10.1. The lowest BCUT2D eigenvalue weighted by Gasteiger charge is -2.21. The Balaban J connectivity index is 1.90. The van der Waals surface area contributed by atoms with Gasteiger partial charge in [-0.25, -0.2) is 17.6 Å². The third-order valence-corrected chi connectivity index (χ3v) is 8.90. The first-order valence-corrected chi connectivity index (χ1v) is 15.5. The van der Waals surface area contributed by atoms with Gasteiger partial charge in [0.2, 0.25) is 10.0 Å². The van der Waals surface area contributed by atoms with Crippen molar-refractivity contribution in [3.8, 4) is 5.69 Å². The minimum absolute atomic E-state index is 0.0494. The SMILES string of the molecule is CCc1c(=O)n(C)c(Nc2ccc(I)cc2F)c2c(=O)n(C3CC3)c(=O)n(-c3cccc(NS(=O)(=O)CC)c3)c12. The highest BCUT2D eigenvalue weighted by Gasteiger charge is 2.32. The monoisotopic (exact) mass is 679 g/mol. The standard InChI is InChI=1S/C27H27FIN5O5S/c1-4-19-23-22(24(32(3)25(19)35)30-21-12-9-15(29)13-20(21)28)26(36)34(17-10-11-17)27(37)33(23)18-8-6-7-16(14-18)31-40(38,39)5-2/h6-9,12-14,17,30-31H,4-5,10-11H2,1-3H3. The van der Waals surface area contributed by atoms with E-state index in [0.29, 0.717) is 16.4 Å². The Labute approximate surface area is 242 Å². The first-order valence-electron chi connectivity index (χ1n) is 12.7. The number of fused-ring (bicyclic) bond motifs is 1. The lowest BCUT2D eigenvalue weighted by Crippen LogP contribution is -2.41. The summed E-state index contributed by atoms with van der Waals surface area (Å²) in [5.41, 5.74) is -0.788. The molecule has 2 aromatic heterocycles. The van der Waals surface area contributed by atoms with Gasteiger partial charge in [0.1, 0.15) is 17.0 Å². The maximum Gasteiger partial charge on any atom is 0.336 e. The molecule has 1 saturated carbocycles. The highest BCUT2D eigenvalue weighted by atomic mass is 127. The number of halogens is 2. The molecule has 1 aliphatic carbocycles. The molecule has 2 heterocycles. The average Bonchev–Trinajstić information content (AvgIpc) is 3.73. The minimum Gasteiger partial charge on any atom is -0.338 e. The second-order valence-corrected chi connectivity index (χ2v) is 12.9. The Hall–Kier alpha value is -3.46. The van der Waals surface area contributed by atoms with Gasteiger partial charge in [0, 0.05) is 22.2 Å². The molecule has 0 spiro atoms. The molecule has 4 aromatic rings. The molecule has 0 unspecified atom stereocenters. The summed E-state index contributed by atoms with van der Waals surface area (Å²) >= 11 is 1.98. The van der Waals surface area contributed by atoms with Gasteiger partial charge in [0.05, 0.1) is 28.3 Å². The Bertz CT molecular complexity index is 1960. The lowest BCUT2D eigenvalue weighted by molar-refractivity contribution is 0.602. The summed E-state index contributed by atoms with van der Waals surface area (Å²) in [7, 11) is -2.12. The molecular weight excluding hydrogens is 652 g/mol. The van der Waals surface area contributed by atoms with Crippen LogP contribution in [0.1, 0.15) is 38.3 Å². The van der Waals surface area contributed by atoms with Gasteiger partial charge in [0.15, 0.2) is 0 Å². The van der Waals surface area contributed by atoms with Crippen LogP contribution in [0, 0.1) is 9.39 Å². The van der Waals surface area contributed by atoms with Crippen LogP contribution in [0.25, 0.3) is 16.6 Å². The minimum atomic E-state index is -3.61. The zero-order chi connectivity index (χ0) is 28.9. The van der Waals surface area contributed by atoms with Crippen LogP contribution in [0.3, 0.4) is 0 Å². The Morgan fingerprint density at radius 2 is 1.77 bits per heavy atom. The number of hydrogen-bond acceptors (Lipinski definition) is 6. The molecule has 10 nitrogen and oxygen atoms in total. The predicted octanol–water partition coefficient (Wildman–Crippen LogP) is 4.00. The number of rotatable bonds is 8. The van der Waals surface area contributed by atoms with E-state index >= 15 is 0 Å². The highest BCUT2D eigenvalue weighted by Crippen LogP contribution is 2.34. The molecule has 1 aliphatic rings. The van der Waals surface area contributed by atoms with Crippen molar-refractivity contribution in [1.82, 2.24) is 13.7 Å². The van der Waals surface area contributed by atoms with Crippen LogP contribution in [-0.4, -0.2) is 27.9 Å². The molecule has 0 radical (unpaired) electrons. The fourth-order valence-corrected chi connectivity index (χ4v) is 5.82. The number of anilines is 3. The number of hydrogen-bond donors (Lipinski definition) is 2. The summed E-state index contributed by atoms with van der Waals surface area (Å²) in [6, 6.07) is 10.4. The molecule has 13 heteroatoms. The molecule has 0 aliphatic heterocycles. The van der Waals surface area contributed by atoms with Crippen LogP contribution in [0.15, 0.2) is 56.8 Å². The van der Waals surface area contributed by atoms with Crippen molar-refractivity contribution in [2.24, 2.45) is 7.05 Å².